The number of fused-ring (bicyclic) bond motifs is 1. The highest BCUT2D eigenvalue weighted by molar-refractivity contribution is 5.11. The molecule has 0 aromatic heterocycles. The van der Waals surface area contributed by atoms with E-state index in [9.17, 15) is 0 Å². The van der Waals surface area contributed by atoms with E-state index >= 15 is 0 Å². The molecule has 2 rings (SSSR count). The van der Waals surface area contributed by atoms with Gasteiger partial charge < -0.3 is 4.74 Å². The smallest absolute Gasteiger partial charge is 0.0713 e. The van der Waals surface area contributed by atoms with Gasteiger partial charge in [-0.1, -0.05) is 12.2 Å². The van der Waals surface area contributed by atoms with Crippen LogP contribution in [-0.4, -0.2) is 37.2 Å². The molecular formula is C9H15NO. The summed E-state index contributed by atoms with van der Waals surface area (Å²) in [4.78, 5) is 2.48. The molecular weight excluding hydrogens is 138 g/mol. The van der Waals surface area contributed by atoms with E-state index < -0.39 is 0 Å². The van der Waals surface area contributed by atoms with Crippen LogP contribution in [0, 0.1) is 0 Å². The molecule has 2 fully saturated rings. The fourth-order valence-electron chi connectivity index (χ4n) is 2.20. The number of nitrogens with zero attached hydrogens (tertiary/aromatic N) is 1. The first-order chi connectivity index (χ1) is 5.29. The minimum Gasteiger partial charge on any atom is -0.380 e. The quantitative estimate of drug-likeness (QED) is 0.522. The number of rotatable bonds is 1. The predicted molar refractivity (Wildman–Crippen MR) is 44.5 cm³/mol. The Morgan fingerprint density at radius 2 is 2.45 bits per heavy atom. The van der Waals surface area contributed by atoms with Gasteiger partial charge in [-0.05, 0) is 12.8 Å². The first kappa shape index (κ1) is 7.32. The molecule has 62 valence electrons. The lowest BCUT2D eigenvalue weighted by atomic mass is 10.1. The van der Waals surface area contributed by atoms with E-state index in [4.69, 9.17) is 4.74 Å². The average molecular weight is 153 g/mol. The molecule has 0 spiro atoms. The van der Waals surface area contributed by atoms with Crippen LogP contribution in [0.3, 0.4) is 0 Å². The van der Waals surface area contributed by atoms with Crippen LogP contribution < -0.4 is 0 Å². The molecule has 2 aliphatic heterocycles. The zero-order chi connectivity index (χ0) is 7.84. The fourth-order valence-corrected chi connectivity index (χ4v) is 2.20. The Morgan fingerprint density at radius 3 is 3.09 bits per heavy atom. The molecule has 2 unspecified atom stereocenters. The van der Waals surface area contributed by atoms with E-state index in [2.05, 4.69) is 11.5 Å². The van der Waals surface area contributed by atoms with Crippen molar-refractivity contribution in [2.45, 2.75) is 25.0 Å². The van der Waals surface area contributed by atoms with Gasteiger partial charge in [0, 0.05) is 26.2 Å². The van der Waals surface area contributed by atoms with Crippen molar-refractivity contribution in [3.63, 3.8) is 0 Å². The molecule has 0 N–H and O–H groups in total. The highest BCUT2D eigenvalue weighted by Crippen LogP contribution is 2.30. The van der Waals surface area contributed by atoms with Crippen LogP contribution >= 0.6 is 0 Å². The summed E-state index contributed by atoms with van der Waals surface area (Å²) in [6, 6.07) is 0.743. The molecule has 0 aromatic rings. The molecule has 0 aliphatic carbocycles. The van der Waals surface area contributed by atoms with Gasteiger partial charge in [0.1, 0.15) is 0 Å². The number of hydrogen-bond acceptors (Lipinski definition) is 2. The summed E-state index contributed by atoms with van der Waals surface area (Å²) in [7, 11) is 1.81. The van der Waals surface area contributed by atoms with E-state index in [1.165, 1.54) is 18.4 Å². The predicted octanol–water partition coefficient (Wildman–Crippen LogP) is 1.04. The minimum absolute atomic E-state index is 0.480. The molecule has 0 amide bonds. The van der Waals surface area contributed by atoms with Crippen molar-refractivity contribution >= 4 is 0 Å². The van der Waals surface area contributed by atoms with Gasteiger partial charge in [0.25, 0.3) is 0 Å². The molecule has 2 saturated heterocycles. The van der Waals surface area contributed by atoms with Crippen molar-refractivity contribution < 1.29 is 4.74 Å². The monoisotopic (exact) mass is 153 g/mol. The fraction of sp³-hybridized carbons (Fsp3) is 0.778. The Hall–Kier alpha value is -0.340. The summed E-state index contributed by atoms with van der Waals surface area (Å²) in [6.07, 6.45) is 2.88. The average Bonchev–Trinajstić information content (AvgIpc) is 2.43. The number of methoxy groups -OCH3 is 1. The number of hydrogen-bond donors (Lipinski definition) is 0. The van der Waals surface area contributed by atoms with Gasteiger partial charge in [-0.15, -0.1) is 0 Å². The van der Waals surface area contributed by atoms with Gasteiger partial charge in [0.05, 0.1) is 6.10 Å². The van der Waals surface area contributed by atoms with E-state index in [-0.39, 0.29) is 0 Å². The number of ether oxygens (including phenoxy) is 1. The van der Waals surface area contributed by atoms with Crippen molar-refractivity contribution in [3.05, 3.63) is 12.2 Å². The van der Waals surface area contributed by atoms with Crippen molar-refractivity contribution in [2.75, 3.05) is 20.2 Å². The third-order valence-electron chi connectivity index (χ3n) is 2.77. The second-order valence-corrected chi connectivity index (χ2v) is 3.63. The summed E-state index contributed by atoms with van der Waals surface area (Å²) in [5.41, 5.74) is 1.39. The summed E-state index contributed by atoms with van der Waals surface area (Å²) in [5, 5.41) is 0. The summed E-state index contributed by atoms with van der Waals surface area (Å²) >= 11 is 0. The molecule has 0 aromatic carbocycles. The Morgan fingerprint density at radius 1 is 1.64 bits per heavy atom. The van der Waals surface area contributed by atoms with Crippen LogP contribution in [0.4, 0.5) is 0 Å². The first-order valence-corrected chi connectivity index (χ1v) is 4.23. The highest BCUT2D eigenvalue weighted by atomic mass is 16.5. The van der Waals surface area contributed by atoms with Gasteiger partial charge in [0.15, 0.2) is 0 Å². The van der Waals surface area contributed by atoms with Crippen molar-refractivity contribution in [2.24, 2.45) is 0 Å². The molecule has 0 radical (unpaired) electrons. The standard InChI is InChI=1S/C9H15NO/c1-7-3-8-4-9(11-2)6-10(8)5-7/h8-9H,1,3-6H2,2H3. The van der Waals surface area contributed by atoms with Gasteiger partial charge in [-0.2, -0.15) is 0 Å². The maximum Gasteiger partial charge on any atom is 0.0713 e. The molecule has 2 atom stereocenters. The van der Waals surface area contributed by atoms with Crippen molar-refractivity contribution in [1.82, 2.24) is 4.90 Å². The third-order valence-corrected chi connectivity index (χ3v) is 2.77. The largest absolute Gasteiger partial charge is 0.380 e. The Labute approximate surface area is 67.8 Å². The van der Waals surface area contributed by atoms with Crippen LogP contribution in [0.1, 0.15) is 12.8 Å². The minimum atomic E-state index is 0.480. The van der Waals surface area contributed by atoms with Gasteiger partial charge in [0.2, 0.25) is 0 Å². The van der Waals surface area contributed by atoms with Crippen LogP contribution in [0.15, 0.2) is 12.2 Å². The van der Waals surface area contributed by atoms with Crippen LogP contribution in [-0.2, 0) is 4.74 Å². The van der Waals surface area contributed by atoms with E-state index in [1.807, 2.05) is 7.11 Å². The van der Waals surface area contributed by atoms with Crippen LogP contribution in [0.25, 0.3) is 0 Å². The Kier molecular flexibility index (Phi) is 1.74. The van der Waals surface area contributed by atoms with E-state index in [0.29, 0.717) is 6.10 Å². The summed E-state index contributed by atoms with van der Waals surface area (Å²) < 4.78 is 5.31. The van der Waals surface area contributed by atoms with Gasteiger partial charge in [-0.3, -0.25) is 4.90 Å². The SMILES string of the molecule is C=C1CC2CC(OC)CN2C1. The highest BCUT2D eigenvalue weighted by Gasteiger charge is 2.36. The Balaban J connectivity index is 1.98. The van der Waals surface area contributed by atoms with Crippen LogP contribution in [0.2, 0.25) is 0 Å². The van der Waals surface area contributed by atoms with Gasteiger partial charge >= 0.3 is 0 Å². The normalized spacial score (nSPS) is 38.1. The van der Waals surface area contributed by atoms with Crippen LogP contribution in [0.5, 0.6) is 0 Å². The lowest BCUT2D eigenvalue weighted by Gasteiger charge is -2.11. The van der Waals surface area contributed by atoms with Gasteiger partial charge in [-0.25, -0.2) is 0 Å². The molecule has 2 heterocycles. The molecule has 2 nitrogen and oxygen atoms in total. The lowest BCUT2D eigenvalue weighted by Crippen LogP contribution is -2.23. The zero-order valence-corrected chi connectivity index (χ0v) is 7.05. The van der Waals surface area contributed by atoms with E-state index in [0.717, 1.165) is 19.1 Å². The second kappa shape index (κ2) is 2.61. The second-order valence-electron chi connectivity index (χ2n) is 3.63. The van der Waals surface area contributed by atoms with Crippen molar-refractivity contribution in [1.29, 1.82) is 0 Å². The van der Waals surface area contributed by atoms with Crippen molar-refractivity contribution in [3.8, 4) is 0 Å². The summed E-state index contributed by atoms with van der Waals surface area (Å²) in [5.74, 6) is 0. The lowest BCUT2D eigenvalue weighted by molar-refractivity contribution is 0.109. The molecule has 0 bridgehead atoms. The third kappa shape index (κ3) is 1.21. The Bertz CT molecular complexity index is 162. The van der Waals surface area contributed by atoms with E-state index in [1.54, 1.807) is 0 Å². The first-order valence-electron chi connectivity index (χ1n) is 4.23. The zero-order valence-electron chi connectivity index (χ0n) is 7.05. The molecule has 11 heavy (non-hydrogen) atoms. The maximum atomic E-state index is 5.31. The molecule has 2 heteroatoms. The topological polar surface area (TPSA) is 12.5 Å². The maximum absolute atomic E-state index is 5.31. The molecule has 2 aliphatic rings. The molecule has 0 saturated carbocycles. The summed E-state index contributed by atoms with van der Waals surface area (Å²) in [6.45, 7) is 6.22.